The van der Waals surface area contributed by atoms with Crippen molar-refractivity contribution >= 4 is 25.8 Å². The van der Waals surface area contributed by atoms with E-state index in [9.17, 15) is 8.42 Å². The summed E-state index contributed by atoms with van der Waals surface area (Å²) < 4.78 is 26.1. The van der Waals surface area contributed by atoms with Gasteiger partial charge in [-0.2, -0.15) is 0 Å². The molecular weight excluding hydrogens is 338 g/mol. The smallest absolute Gasteiger partial charge is 0.183 e. The molecule has 104 valence electrons. The first kappa shape index (κ1) is 13.8. The van der Waals surface area contributed by atoms with Crippen molar-refractivity contribution in [3.63, 3.8) is 0 Å². The van der Waals surface area contributed by atoms with E-state index in [4.69, 9.17) is 5.73 Å². The molecule has 0 saturated heterocycles. The molecule has 2 aromatic carbocycles. The van der Waals surface area contributed by atoms with Crippen molar-refractivity contribution in [1.29, 1.82) is 0 Å². The SMILES string of the molecule is N[C@@H]1[C@H](c2ccc(Br)cc2)[C@@H]1S(=O)(=O)c1ccccc1. The minimum Gasteiger partial charge on any atom is -0.326 e. The van der Waals surface area contributed by atoms with Crippen LogP contribution in [0.5, 0.6) is 0 Å². The molecule has 3 nitrogen and oxygen atoms in total. The molecule has 2 aromatic rings. The first-order chi connectivity index (χ1) is 9.51. The predicted molar refractivity (Wildman–Crippen MR) is 82.3 cm³/mol. The largest absolute Gasteiger partial charge is 0.326 e. The minimum atomic E-state index is -3.36. The Hall–Kier alpha value is -1.17. The lowest BCUT2D eigenvalue weighted by molar-refractivity contribution is 0.593. The maximum atomic E-state index is 12.6. The van der Waals surface area contributed by atoms with Crippen LogP contribution in [0, 0.1) is 0 Å². The average Bonchev–Trinajstić information content (AvgIpc) is 3.13. The van der Waals surface area contributed by atoms with Gasteiger partial charge in [0.25, 0.3) is 0 Å². The zero-order valence-electron chi connectivity index (χ0n) is 10.6. The summed E-state index contributed by atoms with van der Waals surface area (Å²) in [6.07, 6.45) is 0. The molecule has 0 amide bonds. The Labute approximate surface area is 126 Å². The Morgan fingerprint density at radius 3 is 2.15 bits per heavy atom. The van der Waals surface area contributed by atoms with Crippen LogP contribution >= 0.6 is 15.9 Å². The van der Waals surface area contributed by atoms with Crippen LogP contribution in [0.2, 0.25) is 0 Å². The van der Waals surface area contributed by atoms with Gasteiger partial charge in [0.1, 0.15) is 0 Å². The number of halogens is 1. The van der Waals surface area contributed by atoms with E-state index in [0.717, 1.165) is 10.0 Å². The predicted octanol–water partition coefficient (Wildman–Crippen LogP) is 2.72. The molecule has 0 spiro atoms. The van der Waals surface area contributed by atoms with Gasteiger partial charge in [-0.1, -0.05) is 46.3 Å². The van der Waals surface area contributed by atoms with E-state index >= 15 is 0 Å². The standard InChI is InChI=1S/C15H14BrNO2S/c16-11-8-6-10(7-9-11)13-14(17)15(13)20(18,19)12-4-2-1-3-5-12/h1-9,13-15H,17H2/t13-,14+,15-/m0/s1. The molecule has 3 atom stereocenters. The molecule has 0 aliphatic heterocycles. The number of rotatable bonds is 3. The highest BCUT2D eigenvalue weighted by Crippen LogP contribution is 2.47. The molecule has 0 radical (unpaired) electrons. The van der Waals surface area contributed by atoms with E-state index in [0.29, 0.717) is 4.90 Å². The summed E-state index contributed by atoms with van der Waals surface area (Å²) in [6.45, 7) is 0. The maximum Gasteiger partial charge on any atom is 0.183 e. The Balaban J connectivity index is 1.91. The number of benzene rings is 2. The molecule has 3 rings (SSSR count). The molecule has 1 aliphatic rings. The summed E-state index contributed by atoms with van der Waals surface area (Å²) in [4.78, 5) is 0.347. The van der Waals surface area contributed by atoms with Gasteiger partial charge < -0.3 is 5.73 Å². The third kappa shape index (κ3) is 2.30. The van der Waals surface area contributed by atoms with Gasteiger partial charge in [0.2, 0.25) is 0 Å². The first-order valence-electron chi connectivity index (χ1n) is 6.32. The van der Waals surface area contributed by atoms with Gasteiger partial charge in [-0.3, -0.25) is 0 Å². The zero-order chi connectivity index (χ0) is 14.3. The topological polar surface area (TPSA) is 60.2 Å². The van der Waals surface area contributed by atoms with E-state index in [2.05, 4.69) is 15.9 Å². The highest BCUT2D eigenvalue weighted by molar-refractivity contribution is 9.10. The van der Waals surface area contributed by atoms with Gasteiger partial charge in [-0.15, -0.1) is 0 Å². The lowest BCUT2D eigenvalue weighted by atomic mass is 10.1. The number of sulfone groups is 1. The van der Waals surface area contributed by atoms with E-state index in [1.54, 1.807) is 30.3 Å². The molecule has 1 fully saturated rings. The Morgan fingerprint density at radius 2 is 1.55 bits per heavy atom. The van der Waals surface area contributed by atoms with E-state index in [1.165, 1.54) is 0 Å². The van der Waals surface area contributed by atoms with Gasteiger partial charge in [-0.05, 0) is 29.8 Å². The molecular formula is C15H14BrNO2S. The maximum absolute atomic E-state index is 12.6. The van der Waals surface area contributed by atoms with Gasteiger partial charge in [-0.25, -0.2) is 8.42 Å². The summed E-state index contributed by atoms with van der Waals surface area (Å²) in [5.41, 5.74) is 6.99. The van der Waals surface area contributed by atoms with Crippen molar-refractivity contribution in [2.24, 2.45) is 5.73 Å². The molecule has 0 bridgehead atoms. The highest BCUT2D eigenvalue weighted by atomic mass is 79.9. The molecule has 2 N–H and O–H groups in total. The van der Waals surface area contributed by atoms with Crippen molar-refractivity contribution in [3.8, 4) is 0 Å². The van der Waals surface area contributed by atoms with Crippen LogP contribution < -0.4 is 5.73 Å². The van der Waals surface area contributed by atoms with Gasteiger partial charge in [0.05, 0.1) is 10.1 Å². The second kappa shape index (κ2) is 4.98. The van der Waals surface area contributed by atoms with Crippen LogP contribution in [0.25, 0.3) is 0 Å². The highest BCUT2D eigenvalue weighted by Gasteiger charge is 2.56. The second-order valence-electron chi connectivity index (χ2n) is 4.98. The van der Waals surface area contributed by atoms with E-state index in [1.807, 2.05) is 24.3 Å². The minimum absolute atomic E-state index is 0.117. The summed E-state index contributed by atoms with van der Waals surface area (Å²) in [5, 5.41) is -0.522. The van der Waals surface area contributed by atoms with Crippen molar-refractivity contribution in [2.75, 3.05) is 0 Å². The van der Waals surface area contributed by atoms with E-state index < -0.39 is 15.1 Å². The normalized spacial score (nSPS) is 25.4. The lowest BCUT2D eigenvalue weighted by Gasteiger charge is -2.04. The lowest BCUT2D eigenvalue weighted by Crippen LogP contribution is -2.15. The third-order valence-corrected chi connectivity index (χ3v) is 6.47. The summed E-state index contributed by atoms with van der Waals surface area (Å²) >= 11 is 3.37. The fraction of sp³-hybridized carbons (Fsp3) is 0.200. The number of hydrogen-bond donors (Lipinski definition) is 1. The first-order valence-corrected chi connectivity index (χ1v) is 8.66. The zero-order valence-corrected chi connectivity index (χ0v) is 13.0. The van der Waals surface area contributed by atoms with Crippen molar-refractivity contribution in [2.45, 2.75) is 22.1 Å². The molecule has 5 heteroatoms. The molecule has 0 heterocycles. The van der Waals surface area contributed by atoms with Crippen LogP contribution in [0.1, 0.15) is 11.5 Å². The third-order valence-electron chi connectivity index (χ3n) is 3.69. The monoisotopic (exact) mass is 351 g/mol. The Morgan fingerprint density at radius 1 is 0.950 bits per heavy atom. The van der Waals surface area contributed by atoms with Crippen LogP contribution in [0.3, 0.4) is 0 Å². The summed E-state index contributed by atoms with van der Waals surface area (Å²) in [5.74, 6) is -0.117. The summed E-state index contributed by atoms with van der Waals surface area (Å²) in [6, 6.07) is 15.9. The van der Waals surface area contributed by atoms with Crippen LogP contribution in [0.15, 0.2) is 64.0 Å². The Kier molecular flexibility index (Phi) is 3.44. The van der Waals surface area contributed by atoms with Crippen LogP contribution in [-0.4, -0.2) is 19.7 Å². The van der Waals surface area contributed by atoms with Gasteiger partial charge in [0.15, 0.2) is 9.84 Å². The number of nitrogens with two attached hydrogens (primary N) is 1. The quantitative estimate of drug-likeness (QED) is 0.924. The second-order valence-corrected chi connectivity index (χ2v) is 8.00. The van der Waals surface area contributed by atoms with Crippen LogP contribution in [-0.2, 0) is 9.84 Å². The van der Waals surface area contributed by atoms with E-state index in [-0.39, 0.29) is 12.0 Å². The average molecular weight is 352 g/mol. The van der Waals surface area contributed by atoms with Crippen molar-refractivity contribution in [3.05, 3.63) is 64.6 Å². The molecule has 1 saturated carbocycles. The fourth-order valence-electron chi connectivity index (χ4n) is 2.57. The van der Waals surface area contributed by atoms with Crippen molar-refractivity contribution < 1.29 is 8.42 Å². The van der Waals surface area contributed by atoms with Gasteiger partial charge >= 0.3 is 0 Å². The summed E-state index contributed by atoms with van der Waals surface area (Å²) in [7, 11) is -3.36. The fourth-order valence-corrected chi connectivity index (χ4v) is 4.90. The van der Waals surface area contributed by atoms with Crippen LogP contribution in [0.4, 0.5) is 0 Å². The molecule has 0 unspecified atom stereocenters. The van der Waals surface area contributed by atoms with Gasteiger partial charge in [0, 0.05) is 16.4 Å². The number of hydrogen-bond acceptors (Lipinski definition) is 3. The molecule has 20 heavy (non-hydrogen) atoms. The molecule has 0 aromatic heterocycles. The Bertz CT molecular complexity index is 713. The van der Waals surface area contributed by atoms with Crippen molar-refractivity contribution in [1.82, 2.24) is 0 Å². The molecule has 1 aliphatic carbocycles.